The van der Waals surface area contributed by atoms with E-state index in [1.807, 2.05) is 24.3 Å². The highest BCUT2D eigenvalue weighted by atomic mass is 16.5. The maximum atomic E-state index is 5.75. The summed E-state index contributed by atoms with van der Waals surface area (Å²) in [4.78, 5) is 0. The Bertz CT molecular complexity index is 596. The molecule has 3 nitrogen and oxygen atoms in total. The normalized spacial score (nSPS) is 10.3. The van der Waals surface area contributed by atoms with Crippen LogP contribution in [0, 0.1) is 6.92 Å². The molecule has 0 saturated carbocycles. The summed E-state index contributed by atoms with van der Waals surface area (Å²) in [5.41, 5.74) is 3.41. The molecular weight excluding hydrogens is 274 g/mol. The fourth-order valence-electron chi connectivity index (χ4n) is 2.24. The molecular formula is C19H25NO2. The molecule has 3 heteroatoms. The summed E-state index contributed by atoms with van der Waals surface area (Å²) in [6.45, 7) is 5.76. The Hall–Kier alpha value is -2.16. The molecule has 2 aromatic carbocycles. The van der Waals surface area contributed by atoms with Crippen LogP contribution in [0.2, 0.25) is 0 Å². The Balaban J connectivity index is 1.99. The first-order valence-corrected chi connectivity index (χ1v) is 7.83. The number of anilines is 1. The molecule has 0 aliphatic heterocycles. The van der Waals surface area contributed by atoms with Crippen molar-refractivity contribution in [3.8, 4) is 11.5 Å². The van der Waals surface area contributed by atoms with Crippen molar-refractivity contribution in [1.29, 1.82) is 0 Å². The van der Waals surface area contributed by atoms with Gasteiger partial charge in [0.15, 0.2) is 0 Å². The lowest BCUT2D eigenvalue weighted by atomic mass is 10.1. The van der Waals surface area contributed by atoms with Gasteiger partial charge in [0.25, 0.3) is 0 Å². The Labute approximate surface area is 133 Å². The predicted octanol–water partition coefficient (Wildman–Crippen LogP) is 4.79. The van der Waals surface area contributed by atoms with E-state index in [1.54, 1.807) is 7.11 Å². The number of aryl methyl sites for hydroxylation is 1. The van der Waals surface area contributed by atoms with Gasteiger partial charge >= 0.3 is 0 Å². The average Bonchev–Trinajstić information content (AvgIpc) is 2.54. The molecule has 0 spiro atoms. The van der Waals surface area contributed by atoms with Gasteiger partial charge in [0.1, 0.15) is 11.5 Å². The highest BCUT2D eigenvalue weighted by Crippen LogP contribution is 2.26. The molecule has 0 fully saturated rings. The van der Waals surface area contributed by atoms with E-state index < -0.39 is 0 Å². The molecule has 0 unspecified atom stereocenters. The third-order valence-corrected chi connectivity index (χ3v) is 3.50. The summed E-state index contributed by atoms with van der Waals surface area (Å²) in [5, 5.41) is 3.44. The zero-order chi connectivity index (χ0) is 15.8. The zero-order valence-corrected chi connectivity index (χ0v) is 13.7. The van der Waals surface area contributed by atoms with Crippen LogP contribution in [0.1, 0.15) is 30.9 Å². The highest BCUT2D eigenvalue weighted by Gasteiger charge is 2.03. The van der Waals surface area contributed by atoms with Gasteiger partial charge in [-0.05, 0) is 48.7 Å². The molecule has 0 bridgehead atoms. The minimum Gasteiger partial charge on any atom is -0.495 e. The van der Waals surface area contributed by atoms with Crippen LogP contribution in [-0.2, 0) is 6.54 Å². The van der Waals surface area contributed by atoms with Gasteiger partial charge < -0.3 is 14.8 Å². The van der Waals surface area contributed by atoms with Crippen molar-refractivity contribution in [3.05, 3.63) is 53.6 Å². The van der Waals surface area contributed by atoms with E-state index in [2.05, 4.69) is 37.4 Å². The maximum Gasteiger partial charge on any atom is 0.141 e. The van der Waals surface area contributed by atoms with Crippen LogP contribution in [0.3, 0.4) is 0 Å². The molecule has 2 rings (SSSR count). The molecule has 22 heavy (non-hydrogen) atoms. The standard InChI is InChI=1S/C19H25NO2/c1-4-5-11-22-17-8-6-7-16(13-17)14-20-18-12-15(2)9-10-19(18)21-3/h6-10,12-13,20H,4-5,11,14H2,1-3H3. The Morgan fingerprint density at radius 1 is 1.09 bits per heavy atom. The Morgan fingerprint density at radius 3 is 2.73 bits per heavy atom. The predicted molar refractivity (Wildman–Crippen MR) is 91.9 cm³/mol. The summed E-state index contributed by atoms with van der Waals surface area (Å²) < 4.78 is 11.1. The fraction of sp³-hybridized carbons (Fsp3) is 0.368. The van der Waals surface area contributed by atoms with Gasteiger partial charge in [0.2, 0.25) is 0 Å². The van der Waals surface area contributed by atoms with Crippen molar-refractivity contribution in [2.45, 2.75) is 33.2 Å². The maximum absolute atomic E-state index is 5.75. The van der Waals surface area contributed by atoms with Crippen molar-refractivity contribution in [1.82, 2.24) is 0 Å². The minimum atomic E-state index is 0.741. The van der Waals surface area contributed by atoms with E-state index in [4.69, 9.17) is 9.47 Å². The number of benzene rings is 2. The second kappa shape index (κ2) is 8.32. The van der Waals surface area contributed by atoms with Crippen LogP contribution >= 0.6 is 0 Å². The molecule has 0 saturated heterocycles. The first-order valence-electron chi connectivity index (χ1n) is 7.83. The van der Waals surface area contributed by atoms with Gasteiger partial charge in [0.05, 0.1) is 19.4 Å². The fourth-order valence-corrected chi connectivity index (χ4v) is 2.24. The van der Waals surface area contributed by atoms with Crippen molar-refractivity contribution < 1.29 is 9.47 Å². The smallest absolute Gasteiger partial charge is 0.141 e. The molecule has 0 atom stereocenters. The van der Waals surface area contributed by atoms with Gasteiger partial charge in [0, 0.05) is 6.54 Å². The van der Waals surface area contributed by atoms with Crippen LogP contribution in [0.5, 0.6) is 11.5 Å². The van der Waals surface area contributed by atoms with Crippen molar-refractivity contribution in [3.63, 3.8) is 0 Å². The van der Waals surface area contributed by atoms with E-state index >= 15 is 0 Å². The molecule has 0 aromatic heterocycles. The summed E-state index contributed by atoms with van der Waals surface area (Å²) in [6.07, 6.45) is 2.23. The first kappa shape index (κ1) is 16.2. The molecule has 0 aliphatic rings. The second-order valence-corrected chi connectivity index (χ2v) is 5.41. The monoisotopic (exact) mass is 299 g/mol. The van der Waals surface area contributed by atoms with Gasteiger partial charge in [-0.2, -0.15) is 0 Å². The van der Waals surface area contributed by atoms with Crippen molar-refractivity contribution in [2.75, 3.05) is 19.0 Å². The van der Waals surface area contributed by atoms with Gasteiger partial charge in [-0.3, -0.25) is 0 Å². The molecule has 0 heterocycles. The van der Waals surface area contributed by atoms with Gasteiger partial charge in [-0.15, -0.1) is 0 Å². The summed E-state index contributed by atoms with van der Waals surface area (Å²) in [6, 6.07) is 14.4. The molecule has 2 aromatic rings. The Morgan fingerprint density at radius 2 is 1.95 bits per heavy atom. The third kappa shape index (κ3) is 4.69. The topological polar surface area (TPSA) is 30.5 Å². The number of hydrogen-bond donors (Lipinski definition) is 1. The SMILES string of the molecule is CCCCOc1cccc(CNc2cc(C)ccc2OC)c1. The molecule has 118 valence electrons. The molecule has 0 amide bonds. The minimum absolute atomic E-state index is 0.741. The largest absolute Gasteiger partial charge is 0.495 e. The summed E-state index contributed by atoms with van der Waals surface area (Å²) in [5.74, 6) is 1.80. The van der Waals surface area contributed by atoms with Crippen LogP contribution in [0.15, 0.2) is 42.5 Å². The summed E-state index contributed by atoms with van der Waals surface area (Å²) >= 11 is 0. The number of rotatable bonds is 8. The highest BCUT2D eigenvalue weighted by molar-refractivity contribution is 5.58. The quantitative estimate of drug-likeness (QED) is 0.711. The number of ether oxygens (including phenoxy) is 2. The van der Waals surface area contributed by atoms with Crippen molar-refractivity contribution in [2.24, 2.45) is 0 Å². The van der Waals surface area contributed by atoms with Crippen LogP contribution in [0.25, 0.3) is 0 Å². The van der Waals surface area contributed by atoms with E-state index in [9.17, 15) is 0 Å². The lowest BCUT2D eigenvalue weighted by molar-refractivity contribution is 0.309. The molecule has 1 N–H and O–H groups in total. The summed E-state index contributed by atoms with van der Waals surface area (Å²) in [7, 11) is 1.69. The third-order valence-electron chi connectivity index (χ3n) is 3.50. The lowest BCUT2D eigenvalue weighted by Crippen LogP contribution is -2.02. The van der Waals surface area contributed by atoms with Crippen LogP contribution < -0.4 is 14.8 Å². The Kier molecular flexibility index (Phi) is 6.13. The number of unbranched alkanes of at least 4 members (excludes halogenated alkanes) is 1. The number of nitrogens with one attached hydrogen (secondary N) is 1. The second-order valence-electron chi connectivity index (χ2n) is 5.41. The van der Waals surface area contributed by atoms with E-state index in [1.165, 1.54) is 11.1 Å². The van der Waals surface area contributed by atoms with Crippen LogP contribution in [-0.4, -0.2) is 13.7 Å². The van der Waals surface area contributed by atoms with Crippen LogP contribution in [0.4, 0.5) is 5.69 Å². The van der Waals surface area contributed by atoms with Crippen molar-refractivity contribution >= 4 is 5.69 Å². The molecule has 0 radical (unpaired) electrons. The number of methoxy groups -OCH3 is 1. The molecule has 0 aliphatic carbocycles. The van der Waals surface area contributed by atoms with E-state index in [0.29, 0.717) is 0 Å². The first-order chi connectivity index (χ1) is 10.7. The number of hydrogen-bond acceptors (Lipinski definition) is 3. The zero-order valence-electron chi connectivity index (χ0n) is 13.7. The average molecular weight is 299 g/mol. The van der Waals surface area contributed by atoms with Gasteiger partial charge in [-0.1, -0.05) is 31.5 Å². The lowest BCUT2D eigenvalue weighted by Gasteiger charge is -2.13. The van der Waals surface area contributed by atoms with Gasteiger partial charge in [-0.25, -0.2) is 0 Å². The van der Waals surface area contributed by atoms with E-state index in [0.717, 1.165) is 43.2 Å². The van der Waals surface area contributed by atoms with E-state index in [-0.39, 0.29) is 0 Å².